The summed E-state index contributed by atoms with van der Waals surface area (Å²) in [6.45, 7) is 4.63. The molecule has 0 saturated heterocycles. The maximum Gasteiger partial charge on any atom is 0.103 e. The molecule has 2 atom stereocenters. The molecule has 18 heavy (non-hydrogen) atoms. The van der Waals surface area contributed by atoms with Gasteiger partial charge in [0.15, 0.2) is 0 Å². The Morgan fingerprint density at radius 2 is 1.89 bits per heavy atom. The van der Waals surface area contributed by atoms with Crippen LogP contribution in [-0.2, 0) is 0 Å². The number of halogens is 1. The molecule has 2 unspecified atom stereocenters. The van der Waals surface area contributed by atoms with Crippen LogP contribution in [0.4, 0.5) is 5.69 Å². The van der Waals surface area contributed by atoms with Crippen molar-refractivity contribution in [2.75, 3.05) is 5.32 Å². The normalized spacial score (nSPS) is 27.6. The number of nitriles is 1. The van der Waals surface area contributed by atoms with Gasteiger partial charge >= 0.3 is 0 Å². The van der Waals surface area contributed by atoms with Crippen LogP contribution in [-0.4, -0.2) is 6.04 Å². The topological polar surface area (TPSA) is 35.8 Å². The van der Waals surface area contributed by atoms with E-state index in [-0.39, 0.29) is 0 Å². The third-order valence-electron chi connectivity index (χ3n) is 3.66. The fraction of sp³-hybridized carbons (Fsp3) is 0.533. The number of hydrogen-bond acceptors (Lipinski definition) is 2. The molecule has 1 aromatic rings. The van der Waals surface area contributed by atoms with E-state index in [4.69, 9.17) is 0 Å². The average Bonchev–Trinajstić information content (AvgIpc) is 2.27. The molecule has 1 saturated carbocycles. The Kier molecular flexibility index (Phi) is 4.29. The molecule has 3 heteroatoms. The van der Waals surface area contributed by atoms with Gasteiger partial charge in [-0.2, -0.15) is 5.26 Å². The van der Waals surface area contributed by atoms with E-state index in [1.807, 2.05) is 18.2 Å². The van der Waals surface area contributed by atoms with Crippen molar-refractivity contribution < 1.29 is 0 Å². The summed E-state index contributed by atoms with van der Waals surface area (Å²) in [5, 5.41) is 12.8. The first-order valence-electron chi connectivity index (χ1n) is 6.55. The molecule has 0 aromatic heterocycles. The third-order valence-corrected chi connectivity index (χ3v) is 4.32. The number of nitrogens with zero attached hydrogens (tertiary/aromatic N) is 1. The molecular weight excluding hydrogens is 288 g/mol. The minimum absolute atomic E-state index is 0.491. The van der Waals surface area contributed by atoms with Gasteiger partial charge in [0.1, 0.15) is 6.07 Å². The molecule has 2 nitrogen and oxygen atoms in total. The molecule has 0 heterocycles. The van der Waals surface area contributed by atoms with E-state index < -0.39 is 0 Å². The van der Waals surface area contributed by atoms with Crippen LogP contribution in [0.25, 0.3) is 0 Å². The molecule has 0 aliphatic heterocycles. The lowest BCUT2D eigenvalue weighted by atomic mass is 9.80. The first-order valence-corrected chi connectivity index (χ1v) is 7.34. The van der Waals surface area contributed by atoms with Gasteiger partial charge in [-0.05, 0) is 59.2 Å². The molecule has 1 aromatic carbocycles. The predicted octanol–water partition coefficient (Wildman–Crippen LogP) is 4.56. The van der Waals surface area contributed by atoms with Crippen molar-refractivity contribution in [2.45, 2.75) is 39.2 Å². The molecule has 96 valence electrons. The maximum atomic E-state index is 9.21. The monoisotopic (exact) mass is 306 g/mol. The van der Waals surface area contributed by atoms with Crippen LogP contribution in [0, 0.1) is 23.2 Å². The highest BCUT2D eigenvalue weighted by Gasteiger charge is 2.24. The zero-order valence-electron chi connectivity index (χ0n) is 10.9. The van der Waals surface area contributed by atoms with E-state index in [1.165, 1.54) is 19.3 Å². The Morgan fingerprint density at radius 3 is 2.50 bits per heavy atom. The van der Waals surface area contributed by atoms with Crippen LogP contribution in [0.15, 0.2) is 22.7 Å². The number of nitrogens with one attached hydrogen (secondary N) is 1. The van der Waals surface area contributed by atoms with Crippen molar-refractivity contribution >= 4 is 21.6 Å². The molecule has 0 bridgehead atoms. The quantitative estimate of drug-likeness (QED) is 0.869. The summed E-state index contributed by atoms with van der Waals surface area (Å²) >= 11 is 3.43. The predicted molar refractivity (Wildman–Crippen MR) is 78.4 cm³/mol. The van der Waals surface area contributed by atoms with E-state index in [0.29, 0.717) is 11.6 Å². The van der Waals surface area contributed by atoms with Gasteiger partial charge in [0, 0.05) is 10.5 Å². The van der Waals surface area contributed by atoms with Gasteiger partial charge in [0.2, 0.25) is 0 Å². The van der Waals surface area contributed by atoms with Crippen molar-refractivity contribution in [2.24, 2.45) is 11.8 Å². The fourth-order valence-electron chi connectivity index (χ4n) is 3.04. The van der Waals surface area contributed by atoms with Gasteiger partial charge in [-0.3, -0.25) is 0 Å². The van der Waals surface area contributed by atoms with Gasteiger partial charge < -0.3 is 5.32 Å². The average molecular weight is 307 g/mol. The van der Waals surface area contributed by atoms with Crippen molar-refractivity contribution in [3.63, 3.8) is 0 Å². The summed E-state index contributed by atoms with van der Waals surface area (Å²) < 4.78 is 0.868. The van der Waals surface area contributed by atoms with Gasteiger partial charge in [0.05, 0.1) is 11.3 Å². The summed E-state index contributed by atoms with van der Waals surface area (Å²) in [4.78, 5) is 0. The van der Waals surface area contributed by atoms with E-state index in [2.05, 4.69) is 41.2 Å². The molecular formula is C15H19BrN2. The molecule has 1 aliphatic rings. The zero-order chi connectivity index (χ0) is 13.1. The highest BCUT2D eigenvalue weighted by atomic mass is 79.9. The minimum atomic E-state index is 0.491. The standard InChI is InChI=1S/C15H19BrN2/c1-10-6-11(2)8-12(7-10)18-15-5-3-4-14(16)13(15)9-17/h3-5,10-12,18H,6-8H2,1-2H3. The molecule has 0 amide bonds. The van der Waals surface area contributed by atoms with Gasteiger partial charge in [-0.1, -0.05) is 19.9 Å². The number of anilines is 1. The Bertz CT molecular complexity index is 454. The molecule has 1 aliphatic carbocycles. The first-order chi connectivity index (χ1) is 8.60. The lowest BCUT2D eigenvalue weighted by Crippen LogP contribution is -2.30. The largest absolute Gasteiger partial charge is 0.381 e. The summed E-state index contributed by atoms with van der Waals surface area (Å²) in [6, 6.07) is 8.64. The fourth-order valence-corrected chi connectivity index (χ4v) is 3.50. The Labute approximate surface area is 118 Å². The van der Waals surface area contributed by atoms with Gasteiger partial charge in [-0.15, -0.1) is 0 Å². The Balaban J connectivity index is 2.14. The van der Waals surface area contributed by atoms with Crippen LogP contribution in [0.3, 0.4) is 0 Å². The number of benzene rings is 1. The summed E-state index contributed by atoms with van der Waals surface area (Å²) in [5.74, 6) is 1.54. The van der Waals surface area contributed by atoms with E-state index >= 15 is 0 Å². The van der Waals surface area contributed by atoms with Crippen LogP contribution in [0.1, 0.15) is 38.7 Å². The van der Waals surface area contributed by atoms with Crippen molar-refractivity contribution in [3.05, 3.63) is 28.2 Å². The molecule has 1 N–H and O–H groups in total. The van der Waals surface area contributed by atoms with Crippen LogP contribution in [0.5, 0.6) is 0 Å². The van der Waals surface area contributed by atoms with E-state index in [0.717, 1.165) is 22.0 Å². The number of rotatable bonds is 2. The second-order valence-corrected chi connectivity index (χ2v) is 6.39. The summed E-state index contributed by atoms with van der Waals surface area (Å²) in [7, 11) is 0. The van der Waals surface area contributed by atoms with Crippen molar-refractivity contribution in [1.29, 1.82) is 5.26 Å². The second-order valence-electron chi connectivity index (χ2n) is 5.53. The summed E-state index contributed by atoms with van der Waals surface area (Å²) in [5.41, 5.74) is 1.67. The smallest absolute Gasteiger partial charge is 0.103 e. The highest BCUT2D eigenvalue weighted by molar-refractivity contribution is 9.10. The number of hydrogen-bond donors (Lipinski definition) is 1. The van der Waals surface area contributed by atoms with Gasteiger partial charge in [0.25, 0.3) is 0 Å². The van der Waals surface area contributed by atoms with Crippen LogP contribution >= 0.6 is 15.9 Å². The van der Waals surface area contributed by atoms with Crippen molar-refractivity contribution in [3.8, 4) is 6.07 Å². The highest BCUT2D eigenvalue weighted by Crippen LogP contribution is 2.32. The minimum Gasteiger partial charge on any atom is -0.381 e. The molecule has 2 rings (SSSR count). The Morgan fingerprint density at radius 1 is 1.22 bits per heavy atom. The maximum absolute atomic E-state index is 9.21. The molecule has 0 radical (unpaired) electrons. The Hall–Kier alpha value is -1.01. The lowest BCUT2D eigenvalue weighted by Gasteiger charge is -2.32. The third kappa shape index (κ3) is 3.05. The SMILES string of the molecule is CC1CC(C)CC(Nc2cccc(Br)c2C#N)C1. The molecule has 0 spiro atoms. The van der Waals surface area contributed by atoms with Crippen LogP contribution < -0.4 is 5.32 Å². The van der Waals surface area contributed by atoms with E-state index in [9.17, 15) is 5.26 Å². The van der Waals surface area contributed by atoms with Gasteiger partial charge in [-0.25, -0.2) is 0 Å². The first kappa shape index (κ1) is 13.4. The second kappa shape index (κ2) is 5.75. The van der Waals surface area contributed by atoms with Crippen LogP contribution in [0.2, 0.25) is 0 Å². The lowest BCUT2D eigenvalue weighted by molar-refractivity contribution is 0.281. The van der Waals surface area contributed by atoms with Crippen molar-refractivity contribution in [1.82, 2.24) is 0 Å². The van der Waals surface area contributed by atoms with E-state index in [1.54, 1.807) is 0 Å². The molecule has 1 fully saturated rings. The zero-order valence-corrected chi connectivity index (χ0v) is 12.5. The summed E-state index contributed by atoms with van der Waals surface area (Å²) in [6.07, 6.45) is 3.71.